The third-order valence-corrected chi connectivity index (χ3v) is 5.33. The summed E-state index contributed by atoms with van der Waals surface area (Å²) in [6.45, 7) is 4.34. The summed E-state index contributed by atoms with van der Waals surface area (Å²) in [6.07, 6.45) is 1.52. The second kappa shape index (κ2) is 9.51. The summed E-state index contributed by atoms with van der Waals surface area (Å²) in [5.74, 6) is -0.209. The average molecular weight is 380 g/mol. The third kappa shape index (κ3) is 4.60. The minimum absolute atomic E-state index is 0.0186. The van der Waals surface area contributed by atoms with Crippen LogP contribution < -0.4 is 5.73 Å². The van der Waals surface area contributed by atoms with Gasteiger partial charge in [0.25, 0.3) is 0 Å². The Labute approximate surface area is 167 Å². The van der Waals surface area contributed by atoms with Crippen molar-refractivity contribution in [2.24, 2.45) is 11.7 Å². The Morgan fingerprint density at radius 3 is 2.50 bits per heavy atom. The van der Waals surface area contributed by atoms with Crippen LogP contribution in [0.2, 0.25) is 0 Å². The molecule has 1 atom stereocenters. The van der Waals surface area contributed by atoms with Gasteiger partial charge in [0.2, 0.25) is 11.8 Å². The van der Waals surface area contributed by atoms with Gasteiger partial charge in [-0.15, -0.1) is 0 Å². The van der Waals surface area contributed by atoms with E-state index in [0.717, 1.165) is 29.7 Å². The fourth-order valence-electron chi connectivity index (χ4n) is 3.91. The molecule has 2 aromatic carbocycles. The summed E-state index contributed by atoms with van der Waals surface area (Å²) in [5, 5.41) is 0. The maximum Gasteiger partial charge on any atom is 0.236 e. The van der Waals surface area contributed by atoms with Crippen LogP contribution in [0.4, 0.5) is 0 Å². The molecule has 148 valence electrons. The van der Waals surface area contributed by atoms with E-state index in [2.05, 4.69) is 31.2 Å². The second-order valence-corrected chi connectivity index (χ2v) is 7.29. The zero-order chi connectivity index (χ0) is 19.9. The van der Waals surface area contributed by atoms with Crippen molar-refractivity contribution in [3.8, 4) is 11.1 Å². The molecule has 1 heterocycles. The first kappa shape index (κ1) is 20.1. The highest BCUT2D eigenvalue weighted by Gasteiger charge is 2.32. The standard InChI is InChI=1S/C23H29N3O2/c1-2-12-25-13-14-26(22(27)16-24)17-20(23(25)28)15-19-10-6-7-11-21(19)18-8-4-3-5-9-18/h3-11,20H,2,12-17,24H2,1H3. The number of hydrogen-bond donors (Lipinski definition) is 1. The molecule has 1 unspecified atom stereocenters. The van der Waals surface area contributed by atoms with Crippen molar-refractivity contribution in [3.63, 3.8) is 0 Å². The van der Waals surface area contributed by atoms with Gasteiger partial charge in [-0.3, -0.25) is 9.59 Å². The Hall–Kier alpha value is -2.66. The number of rotatable bonds is 6. The minimum atomic E-state index is -0.255. The molecule has 2 N–H and O–H groups in total. The van der Waals surface area contributed by atoms with E-state index in [1.54, 1.807) is 4.90 Å². The fraction of sp³-hybridized carbons (Fsp3) is 0.391. The highest BCUT2D eigenvalue weighted by molar-refractivity contribution is 5.83. The zero-order valence-corrected chi connectivity index (χ0v) is 16.5. The van der Waals surface area contributed by atoms with Gasteiger partial charge in [-0.2, -0.15) is 0 Å². The van der Waals surface area contributed by atoms with Crippen LogP contribution in [0.3, 0.4) is 0 Å². The van der Waals surface area contributed by atoms with E-state index in [4.69, 9.17) is 5.73 Å². The Balaban J connectivity index is 1.90. The zero-order valence-electron chi connectivity index (χ0n) is 16.5. The maximum absolute atomic E-state index is 13.2. The molecule has 0 spiro atoms. The summed E-state index contributed by atoms with van der Waals surface area (Å²) in [6, 6.07) is 18.4. The molecular formula is C23H29N3O2. The molecule has 3 rings (SSSR count). The molecule has 1 aliphatic rings. The molecule has 1 fully saturated rings. The topological polar surface area (TPSA) is 66.6 Å². The van der Waals surface area contributed by atoms with E-state index in [-0.39, 0.29) is 24.3 Å². The molecular weight excluding hydrogens is 350 g/mol. The molecule has 2 amide bonds. The Bertz CT molecular complexity index is 807. The summed E-state index contributed by atoms with van der Waals surface area (Å²) < 4.78 is 0. The Morgan fingerprint density at radius 2 is 1.79 bits per heavy atom. The molecule has 1 saturated heterocycles. The molecule has 1 aliphatic heterocycles. The van der Waals surface area contributed by atoms with Gasteiger partial charge in [-0.05, 0) is 29.5 Å². The normalized spacial score (nSPS) is 17.5. The predicted molar refractivity (Wildman–Crippen MR) is 112 cm³/mol. The lowest BCUT2D eigenvalue weighted by atomic mass is 9.91. The van der Waals surface area contributed by atoms with Crippen LogP contribution >= 0.6 is 0 Å². The molecule has 5 heteroatoms. The summed E-state index contributed by atoms with van der Waals surface area (Å²) >= 11 is 0. The van der Waals surface area contributed by atoms with Gasteiger partial charge in [-0.25, -0.2) is 0 Å². The largest absolute Gasteiger partial charge is 0.341 e. The van der Waals surface area contributed by atoms with Gasteiger partial charge < -0.3 is 15.5 Å². The molecule has 0 saturated carbocycles. The van der Waals surface area contributed by atoms with Crippen molar-refractivity contribution < 1.29 is 9.59 Å². The SMILES string of the molecule is CCCN1CCN(C(=O)CN)CC(Cc2ccccc2-c2ccccc2)C1=O. The van der Waals surface area contributed by atoms with Crippen LogP contribution in [0, 0.1) is 5.92 Å². The van der Waals surface area contributed by atoms with E-state index >= 15 is 0 Å². The van der Waals surface area contributed by atoms with Crippen molar-refractivity contribution >= 4 is 11.8 Å². The number of carbonyl (C=O) groups is 2. The lowest BCUT2D eigenvalue weighted by Crippen LogP contribution is -2.40. The first-order valence-corrected chi connectivity index (χ1v) is 10.0. The van der Waals surface area contributed by atoms with Crippen molar-refractivity contribution in [1.29, 1.82) is 0 Å². The van der Waals surface area contributed by atoms with E-state index < -0.39 is 0 Å². The van der Waals surface area contributed by atoms with Gasteiger partial charge in [0, 0.05) is 26.2 Å². The monoisotopic (exact) mass is 379 g/mol. The summed E-state index contributed by atoms with van der Waals surface area (Å²) in [4.78, 5) is 29.1. The number of nitrogens with zero attached hydrogens (tertiary/aromatic N) is 2. The van der Waals surface area contributed by atoms with Crippen molar-refractivity contribution in [2.45, 2.75) is 19.8 Å². The van der Waals surface area contributed by atoms with Gasteiger partial charge >= 0.3 is 0 Å². The quantitative estimate of drug-likeness (QED) is 0.839. The van der Waals surface area contributed by atoms with Crippen molar-refractivity contribution in [1.82, 2.24) is 9.80 Å². The van der Waals surface area contributed by atoms with E-state index in [9.17, 15) is 9.59 Å². The average Bonchev–Trinajstić information content (AvgIpc) is 2.89. The van der Waals surface area contributed by atoms with Gasteiger partial charge in [0.1, 0.15) is 0 Å². The molecule has 0 aromatic heterocycles. The summed E-state index contributed by atoms with van der Waals surface area (Å²) in [5.41, 5.74) is 9.00. The highest BCUT2D eigenvalue weighted by atomic mass is 16.2. The highest BCUT2D eigenvalue weighted by Crippen LogP contribution is 2.27. The van der Waals surface area contributed by atoms with Crippen LogP contribution in [-0.2, 0) is 16.0 Å². The van der Waals surface area contributed by atoms with Crippen LogP contribution in [-0.4, -0.2) is 54.3 Å². The van der Waals surface area contributed by atoms with Crippen LogP contribution in [0.25, 0.3) is 11.1 Å². The molecule has 5 nitrogen and oxygen atoms in total. The van der Waals surface area contributed by atoms with E-state index in [1.807, 2.05) is 35.2 Å². The summed E-state index contributed by atoms with van der Waals surface area (Å²) in [7, 11) is 0. The fourth-order valence-corrected chi connectivity index (χ4v) is 3.91. The second-order valence-electron chi connectivity index (χ2n) is 7.29. The smallest absolute Gasteiger partial charge is 0.236 e. The minimum Gasteiger partial charge on any atom is -0.341 e. The van der Waals surface area contributed by atoms with Crippen molar-refractivity contribution in [2.75, 3.05) is 32.7 Å². The van der Waals surface area contributed by atoms with Gasteiger partial charge in [0.05, 0.1) is 12.5 Å². The Morgan fingerprint density at radius 1 is 1.07 bits per heavy atom. The molecule has 28 heavy (non-hydrogen) atoms. The maximum atomic E-state index is 13.2. The van der Waals surface area contributed by atoms with Crippen molar-refractivity contribution in [3.05, 3.63) is 60.2 Å². The molecule has 0 radical (unpaired) electrons. The molecule has 0 aliphatic carbocycles. The van der Waals surface area contributed by atoms with Crippen LogP contribution in [0.5, 0.6) is 0 Å². The first-order valence-electron chi connectivity index (χ1n) is 10.0. The predicted octanol–water partition coefficient (Wildman–Crippen LogP) is 2.55. The van der Waals surface area contributed by atoms with Gasteiger partial charge in [-0.1, -0.05) is 61.5 Å². The Kier molecular flexibility index (Phi) is 6.82. The number of nitrogens with two attached hydrogens (primary N) is 1. The molecule has 2 aromatic rings. The first-order chi connectivity index (χ1) is 13.6. The third-order valence-electron chi connectivity index (χ3n) is 5.33. The number of benzene rings is 2. The lowest BCUT2D eigenvalue weighted by Gasteiger charge is -2.24. The lowest BCUT2D eigenvalue weighted by molar-refractivity contribution is -0.134. The van der Waals surface area contributed by atoms with Crippen LogP contribution in [0.1, 0.15) is 18.9 Å². The van der Waals surface area contributed by atoms with E-state index in [1.165, 1.54) is 0 Å². The number of hydrogen-bond acceptors (Lipinski definition) is 3. The number of amides is 2. The molecule has 0 bridgehead atoms. The number of carbonyl (C=O) groups excluding carboxylic acids is 2. The van der Waals surface area contributed by atoms with Gasteiger partial charge in [0.15, 0.2) is 0 Å². The van der Waals surface area contributed by atoms with Crippen LogP contribution in [0.15, 0.2) is 54.6 Å². The van der Waals surface area contributed by atoms with E-state index in [0.29, 0.717) is 26.1 Å².